The minimum atomic E-state index is -0.932. The monoisotopic (exact) mass is 806 g/mol. The van der Waals surface area contributed by atoms with Gasteiger partial charge in [0.05, 0.1) is 12.2 Å². The zero-order chi connectivity index (χ0) is 31.5. The molecular formula is C36H70O6Pb. The van der Waals surface area contributed by atoms with Gasteiger partial charge in [-0.3, -0.25) is 0 Å². The molecule has 43 heavy (non-hydrogen) atoms. The van der Waals surface area contributed by atoms with Crippen LogP contribution in [-0.4, -0.2) is 61.7 Å². The number of aliphatic hydroxyl groups excluding tert-OH is 2. The fraction of sp³-hybridized carbons (Fsp3) is 0.944. The number of hydrogen-bond acceptors (Lipinski definition) is 6. The smallest absolute Gasteiger partial charge is 0.550 e. The van der Waals surface area contributed by atoms with E-state index in [0.717, 1.165) is 77.0 Å². The largest absolute Gasteiger partial charge is 2.00 e. The molecule has 0 spiro atoms. The molecule has 0 aliphatic rings. The summed E-state index contributed by atoms with van der Waals surface area (Å²) in [5, 5.41) is 40.2. The third-order valence-electron chi connectivity index (χ3n) is 8.12. The number of hydrogen-bond donors (Lipinski definition) is 2. The molecule has 0 aromatic rings. The van der Waals surface area contributed by atoms with Gasteiger partial charge in [-0.1, -0.05) is 155 Å². The van der Waals surface area contributed by atoms with Crippen molar-refractivity contribution in [3.05, 3.63) is 0 Å². The molecule has 2 N–H and O–H groups in total. The van der Waals surface area contributed by atoms with Crippen molar-refractivity contribution in [3.8, 4) is 0 Å². The van der Waals surface area contributed by atoms with Crippen molar-refractivity contribution < 1.29 is 30.0 Å². The van der Waals surface area contributed by atoms with E-state index in [1.54, 1.807) is 0 Å². The Kier molecular flexibility index (Phi) is 43.7. The standard InChI is InChI=1S/2C18H36O3.Pb/c2*1-2-3-4-8-11-14-17(19)15-12-9-6-5-7-10-13-16-18(20)21;/h2*17,19H,2-16H2,1H3,(H,20,21);/q;;+2/p-2. The van der Waals surface area contributed by atoms with Crippen LogP contribution in [0.25, 0.3) is 0 Å². The third-order valence-corrected chi connectivity index (χ3v) is 8.12. The molecule has 6 nitrogen and oxygen atoms in total. The Bertz CT molecular complexity index is 512. The number of aliphatic hydroxyl groups is 2. The van der Waals surface area contributed by atoms with Crippen molar-refractivity contribution in [3.63, 3.8) is 0 Å². The normalized spacial score (nSPS) is 12.2. The molecule has 2 radical (unpaired) electrons. The number of carboxylic acid groups (broad SMARTS) is 2. The van der Waals surface area contributed by atoms with Gasteiger partial charge in [0.1, 0.15) is 0 Å². The fourth-order valence-electron chi connectivity index (χ4n) is 5.32. The predicted octanol–water partition coefficient (Wildman–Crippen LogP) is 7.56. The summed E-state index contributed by atoms with van der Waals surface area (Å²) in [7, 11) is 0. The minimum absolute atomic E-state index is 0. The molecule has 2 atom stereocenters. The Labute approximate surface area is 286 Å². The van der Waals surface area contributed by atoms with E-state index in [2.05, 4.69) is 13.8 Å². The summed E-state index contributed by atoms with van der Waals surface area (Å²) in [5.41, 5.74) is 0. The van der Waals surface area contributed by atoms with Crippen LogP contribution in [0.5, 0.6) is 0 Å². The van der Waals surface area contributed by atoms with E-state index in [9.17, 15) is 30.0 Å². The molecule has 0 heterocycles. The van der Waals surface area contributed by atoms with Crippen molar-refractivity contribution in [1.29, 1.82) is 0 Å². The van der Waals surface area contributed by atoms with Crippen LogP contribution in [0.3, 0.4) is 0 Å². The SMILES string of the molecule is CCCCCCCC(O)CCCCCCCCCC(=O)[O-].CCCCCCCC(O)CCCCCCCCCC(=O)[O-].[Pb+2]. The predicted molar refractivity (Wildman–Crippen MR) is 178 cm³/mol. The first-order valence-electron chi connectivity index (χ1n) is 18.1. The molecule has 0 aromatic heterocycles. The van der Waals surface area contributed by atoms with E-state index in [-0.39, 0.29) is 52.3 Å². The third kappa shape index (κ3) is 46.3. The van der Waals surface area contributed by atoms with Gasteiger partial charge in [-0.25, -0.2) is 0 Å². The zero-order valence-electron chi connectivity index (χ0n) is 28.4. The first-order valence-corrected chi connectivity index (χ1v) is 18.1. The van der Waals surface area contributed by atoms with E-state index < -0.39 is 11.9 Å². The molecule has 0 bridgehead atoms. The zero-order valence-corrected chi connectivity index (χ0v) is 32.3. The van der Waals surface area contributed by atoms with Crippen molar-refractivity contribution >= 4 is 39.2 Å². The summed E-state index contributed by atoms with van der Waals surface area (Å²) in [6.07, 6.45) is 31.8. The molecule has 0 saturated carbocycles. The second kappa shape index (κ2) is 39.8. The molecule has 0 saturated heterocycles. The molecular weight excluding hydrogens is 736 g/mol. The Balaban J connectivity index is -0.000000727. The van der Waals surface area contributed by atoms with Crippen molar-refractivity contribution in [2.45, 2.75) is 219 Å². The summed E-state index contributed by atoms with van der Waals surface area (Å²) < 4.78 is 0. The average Bonchev–Trinajstić information content (AvgIpc) is 2.95. The fourth-order valence-corrected chi connectivity index (χ4v) is 5.32. The molecule has 0 aliphatic heterocycles. The summed E-state index contributed by atoms with van der Waals surface area (Å²) in [5.74, 6) is -1.86. The molecule has 0 rings (SSSR count). The topological polar surface area (TPSA) is 121 Å². The number of aliphatic carboxylic acids is 2. The maximum atomic E-state index is 10.2. The van der Waals surface area contributed by atoms with E-state index in [0.29, 0.717) is 0 Å². The van der Waals surface area contributed by atoms with Crippen LogP contribution >= 0.6 is 0 Å². The minimum Gasteiger partial charge on any atom is -0.550 e. The Hall–Kier alpha value is -0.218. The van der Waals surface area contributed by atoms with Gasteiger partial charge in [0.25, 0.3) is 0 Å². The second-order valence-corrected chi connectivity index (χ2v) is 12.5. The van der Waals surface area contributed by atoms with Gasteiger partial charge in [-0.05, 0) is 51.4 Å². The van der Waals surface area contributed by atoms with Gasteiger partial charge in [-0.2, -0.15) is 0 Å². The molecule has 0 amide bonds. The number of carbonyl (C=O) groups excluding carboxylic acids is 2. The van der Waals surface area contributed by atoms with Gasteiger partial charge >= 0.3 is 27.3 Å². The molecule has 0 fully saturated rings. The summed E-state index contributed by atoms with van der Waals surface area (Å²) in [6.45, 7) is 4.44. The second-order valence-electron chi connectivity index (χ2n) is 12.5. The quantitative estimate of drug-likeness (QED) is 0.0535. The van der Waals surface area contributed by atoms with E-state index in [4.69, 9.17) is 0 Å². The van der Waals surface area contributed by atoms with Crippen LogP contribution in [0.1, 0.15) is 206 Å². The Morgan fingerprint density at radius 2 is 0.628 bits per heavy atom. The van der Waals surface area contributed by atoms with Crippen LogP contribution in [0.4, 0.5) is 0 Å². The van der Waals surface area contributed by atoms with Crippen LogP contribution < -0.4 is 10.2 Å². The molecule has 2 unspecified atom stereocenters. The number of carbonyl (C=O) groups is 2. The van der Waals surface area contributed by atoms with Gasteiger partial charge in [-0.15, -0.1) is 0 Å². The Morgan fingerprint density at radius 1 is 0.419 bits per heavy atom. The van der Waals surface area contributed by atoms with E-state index in [1.165, 1.54) is 103 Å². The molecule has 0 aliphatic carbocycles. The summed E-state index contributed by atoms with van der Waals surface area (Å²) >= 11 is 0. The number of carboxylic acids is 2. The molecule has 254 valence electrons. The summed E-state index contributed by atoms with van der Waals surface area (Å²) in [4.78, 5) is 20.5. The van der Waals surface area contributed by atoms with Crippen LogP contribution in [-0.2, 0) is 9.59 Å². The Morgan fingerprint density at radius 3 is 0.860 bits per heavy atom. The van der Waals surface area contributed by atoms with Crippen LogP contribution in [0, 0.1) is 0 Å². The number of rotatable bonds is 32. The van der Waals surface area contributed by atoms with Gasteiger partial charge < -0.3 is 30.0 Å². The van der Waals surface area contributed by atoms with Crippen molar-refractivity contribution in [2.24, 2.45) is 0 Å². The van der Waals surface area contributed by atoms with Crippen LogP contribution in [0.2, 0.25) is 0 Å². The average molecular weight is 806 g/mol. The van der Waals surface area contributed by atoms with E-state index >= 15 is 0 Å². The van der Waals surface area contributed by atoms with Crippen LogP contribution in [0.15, 0.2) is 0 Å². The van der Waals surface area contributed by atoms with E-state index in [1.807, 2.05) is 0 Å². The maximum absolute atomic E-state index is 10.2. The molecule has 7 heteroatoms. The molecule has 0 aromatic carbocycles. The number of unbranched alkanes of at least 4 members (excludes halogenated alkanes) is 20. The van der Waals surface area contributed by atoms with Crippen molar-refractivity contribution in [2.75, 3.05) is 0 Å². The van der Waals surface area contributed by atoms with Gasteiger partial charge in [0.2, 0.25) is 0 Å². The van der Waals surface area contributed by atoms with Gasteiger partial charge in [0.15, 0.2) is 0 Å². The first-order chi connectivity index (χ1) is 20.3. The summed E-state index contributed by atoms with van der Waals surface area (Å²) in [6, 6.07) is 0. The first kappa shape index (κ1) is 47.2. The maximum Gasteiger partial charge on any atom is 2.00 e. The van der Waals surface area contributed by atoms with Crippen molar-refractivity contribution in [1.82, 2.24) is 0 Å². The van der Waals surface area contributed by atoms with Gasteiger partial charge in [0, 0.05) is 11.9 Å².